The molecule has 1 saturated heterocycles. The lowest BCUT2D eigenvalue weighted by atomic mass is 9.81. The van der Waals surface area contributed by atoms with E-state index in [1.165, 1.54) is 32.1 Å². The Labute approximate surface area is 114 Å². The third-order valence-electron chi connectivity index (χ3n) is 4.28. The zero-order chi connectivity index (χ0) is 13.6. The van der Waals surface area contributed by atoms with Crippen molar-refractivity contribution >= 4 is 0 Å². The lowest BCUT2D eigenvalue weighted by Crippen LogP contribution is -2.53. The van der Waals surface area contributed by atoms with Crippen LogP contribution < -0.4 is 5.32 Å². The van der Waals surface area contributed by atoms with Crippen molar-refractivity contribution in [2.75, 3.05) is 39.4 Å². The van der Waals surface area contributed by atoms with Crippen LogP contribution in [0.3, 0.4) is 0 Å². The average Bonchev–Trinajstić information content (AvgIpc) is 2.58. The van der Waals surface area contributed by atoms with Crippen LogP contribution in [0.5, 0.6) is 0 Å². The van der Waals surface area contributed by atoms with Gasteiger partial charge >= 0.3 is 0 Å². The summed E-state index contributed by atoms with van der Waals surface area (Å²) in [6.07, 6.45) is 5.25. The molecule has 1 spiro atoms. The highest BCUT2D eigenvalue weighted by molar-refractivity contribution is 4.95. The predicted molar refractivity (Wildman–Crippen MR) is 71.7 cm³/mol. The first-order valence-electron chi connectivity index (χ1n) is 7.53. The summed E-state index contributed by atoms with van der Waals surface area (Å²) in [5.41, 5.74) is 0.275. The summed E-state index contributed by atoms with van der Waals surface area (Å²) in [5.74, 6) is 0. The first-order valence-corrected chi connectivity index (χ1v) is 7.53. The zero-order valence-corrected chi connectivity index (χ0v) is 11.7. The van der Waals surface area contributed by atoms with E-state index >= 15 is 0 Å². The molecule has 5 heteroatoms. The lowest BCUT2D eigenvalue weighted by molar-refractivity contribution is 0.00769. The van der Waals surface area contributed by atoms with Gasteiger partial charge in [-0.25, -0.2) is 8.78 Å². The SMILES string of the molecule is FC(F)COCCN1CCCNC2(CCCCC2)C1. The molecule has 19 heavy (non-hydrogen) atoms. The van der Waals surface area contributed by atoms with Crippen molar-refractivity contribution < 1.29 is 13.5 Å². The molecule has 0 unspecified atom stereocenters. The number of ether oxygens (including phenoxy) is 1. The van der Waals surface area contributed by atoms with E-state index in [1.807, 2.05) is 0 Å². The Balaban J connectivity index is 1.76. The first kappa shape index (κ1) is 15.1. The van der Waals surface area contributed by atoms with Crippen molar-refractivity contribution in [3.63, 3.8) is 0 Å². The molecule has 0 aromatic rings. The van der Waals surface area contributed by atoms with Crippen molar-refractivity contribution in [3.05, 3.63) is 0 Å². The predicted octanol–water partition coefficient (Wildman–Crippen LogP) is 2.27. The van der Waals surface area contributed by atoms with Crippen LogP contribution in [0, 0.1) is 0 Å². The molecule has 1 heterocycles. The maximum absolute atomic E-state index is 12.0. The number of nitrogens with one attached hydrogen (secondary N) is 1. The van der Waals surface area contributed by atoms with Crippen LogP contribution in [0.2, 0.25) is 0 Å². The van der Waals surface area contributed by atoms with Crippen molar-refractivity contribution in [1.82, 2.24) is 10.2 Å². The van der Waals surface area contributed by atoms with Gasteiger partial charge in [0.1, 0.15) is 6.61 Å². The van der Waals surface area contributed by atoms with E-state index in [9.17, 15) is 8.78 Å². The summed E-state index contributed by atoms with van der Waals surface area (Å²) in [5, 5.41) is 3.73. The largest absolute Gasteiger partial charge is 0.374 e. The molecular formula is C14H26F2N2O. The van der Waals surface area contributed by atoms with Gasteiger partial charge in [0, 0.05) is 18.6 Å². The summed E-state index contributed by atoms with van der Waals surface area (Å²) < 4.78 is 29.0. The molecule has 2 rings (SSSR count). The van der Waals surface area contributed by atoms with Crippen LogP contribution in [0.4, 0.5) is 8.78 Å². The van der Waals surface area contributed by atoms with Gasteiger partial charge in [0.25, 0.3) is 6.43 Å². The van der Waals surface area contributed by atoms with E-state index in [0.29, 0.717) is 6.61 Å². The van der Waals surface area contributed by atoms with Gasteiger partial charge in [-0.3, -0.25) is 4.90 Å². The summed E-state index contributed by atoms with van der Waals surface area (Å²) >= 11 is 0. The van der Waals surface area contributed by atoms with E-state index in [1.54, 1.807) is 0 Å². The number of rotatable bonds is 5. The Morgan fingerprint density at radius 3 is 2.68 bits per heavy atom. The molecule has 0 aromatic carbocycles. The summed E-state index contributed by atoms with van der Waals surface area (Å²) in [7, 11) is 0. The van der Waals surface area contributed by atoms with Crippen LogP contribution in [-0.2, 0) is 4.74 Å². The third kappa shape index (κ3) is 4.97. The quantitative estimate of drug-likeness (QED) is 0.780. The standard InChI is InChI=1S/C14H26F2N2O/c15-13(16)11-19-10-9-18-8-4-7-17-14(12-18)5-2-1-3-6-14/h13,17H,1-12H2. The second-order valence-electron chi connectivity index (χ2n) is 5.86. The van der Waals surface area contributed by atoms with E-state index in [4.69, 9.17) is 4.74 Å². The second-order valence-corrected chi connectivity index (χ2v) is 5.86. The zero-order valence-electron chi connectivity index (χ0n) is 11.7. The number of halogens is 2. The maximum atomic E-state index is 12.0. The fraction of sp³-hybridized carbons (Fsp3) is 1.00. The smallest absolute Gasteiger partial charge is 0.261 e. The molecule has 112 valence electrons. The second kappa shape index (κ2) is 7.50. The Morgan fingerprint density at radius 2 is 1.95 bits per heavy atom. The van der Waals surface area contributed by atoms with Gasteiger partial charge in [0.15, 0.2) is 0 Å². The van der Waals surface area contributed by atoms with Crippen LogP contribution in [-0.4, -0.2) is 56.3 Å². The molecule has 2 fully saturated rings. The molecule has 1 aliphatic carbocycles. The Bertz CT molecular complexity index is 258. The number of alkyl halides is 2. The molecule has 1 aliphatic heterocycles. The number of nitrogens with zero attached hydrogens (tertiary/aromatic N) is 1. The van der Waals surface area contributed by atoms with Crippen LogP contribution in [0.25, 0.3) is 0 Å². The van der Waals surface area contributed by atoms with Crippen molar-refractivity contribution in [1.29, 1.82) is 0 Å². The Kier molecular flexibility index (Phi) is 5.98. The minimum absolute atomic E-state index is 0.275. The van der Waals surface area contributed by atoms with E-state index in [0.717, 1.165) is 32.6 Å². The van der Waals surface area contributed by atoms with Crippen LogP contribution >= 0.6 is 0 Å². The fourth-order valence-electron chi connectivity index (χ4n) is 3.34. The first-order chi connectivity index (χ1) is 9.20. The van der Waals surface area contributed by atoms with Crippen molar-refractivity contribution in [2.24, 2.45) is 0 Å². The van der Waals surface area contributed by atoms with Crippen molar-refractivity contribution in [3.8, 4) is 0 Å². The third-order valence-corrected chi connectivity index (χ3v) is 4.28. The van der Waals surface area contributed by atoms with Gasteiger partial charge in [0.2, 0.25) is 0 Å². The van der Waals surface area contributed by atoms with Gasteiger partial charge in [-0.05, 0) is 32.4 Å². The summed E-state index contributed by atoms with van der Waals surface area (Å²) in [6.45, 7) is 3.93. The topological polar surface area (TPSA) is 24.5 Å². The van der Waals surface area contributed by atoms with Gasteiger partial charge in [-0.2, -0.15) is 0 Å². The maximum Gasteiger partial charge on any atom is 0.261 e. The normalized spacial score (nSPS) is 24.8. The highest BCUT2D eigenvalue weighted by Gasteiger charge is 2.34. The molecule has 0 bridgehead atoms. The molecular weight excluding hydrogens is 250 g/mol. The minimum atomic E-state index is -2.35. The van der Waals surface area contributed by atoms with Gasteiger partial charge < -0.3 is 10.1 Å². The molecule has 0 amide bonds. The number of hydrogen-bond donors (Lipinski definition) is 1. The van der Waals surface area contributed by atoms with Crippen LogP contribution in [0.1, 0.15) is 38.5 Å². The fourth-order valence-corrected chi connectivity index (χ4v) is 3.34. The van der Waals surface area contributed by atoms with Crippen LogP contribution in [0.15, 0.2) is 0 Å². The molecule has 0 aromatic heterocycles. The highest BCUT2D eigenvalue weighted by Crippen LogP contribution is 2.30. The van der Waals surface area contributed by atoms with E-state index in [2.05, 4.69) is 10.2 Å². The Morgan fingerprint density at radius 1 is 1.16 bits per heavy atom. The molecule has 0 atom stereocenters. The van der Waals surface area contributed by atoms with Gasteiger partial charge in [-0.15, -0.1) is 0 Å². The summed E-state index contributed by atoms with van der Waals surface area (Å²) in [4.78, 5) is 2.39. The van der Waals surface area contributed by atoms with E-state index < -0.39 is 13.0 Å². The molecule has 0 radical (unpaired) electrons. The average molecular weight is 276 g/mol. The lowest BCUT2D eigenvalue weighted by Gasteiger charge is -2.40. The monoisotopic (exact) mass is 276 g/mol. The molecule has 1 N–H and O–H groups in total. The molecule has 3 nitrogen and oxygen atoms in total. The highest BCUT2D eigenvalue weighted by atomic mass is 19.3. The van der Waals surface area contributed by atoms with Gasteiger partial charge in [0.05, 0.1) is 6.61 Å². The van der Waals surface area contributed by atoms with Gasteiger partial charge in [-0.1, -0.05) is 19.3 Å². The molecule has 2 aliphatic rings. The minimum Gasteiger partial charge on any atom is -0.374 e. The summed E-state index contributed by atoms with van der Waals surface area (Å²) in [6, 6.07) is 0. The number of hydrogen-bond acceptors (Lipinski definition) is 3. The molecule has 1 saturated carbocycles. The van der Waals surface area contributed by atoms with E-state index in [-0.39, 0.29) is 5.54 Å². The van der Waals surface area contributed by atoms with Crippen molar-refractivity contribution in [2.45, 2.75) is 50.5 Å². The Hall–Kier alpha value is -0.260.